The fraction of sp³-hybridized carbons (Fsp3) is 0.350. The zero-order chi connectivity index (χ0) is 18.7. The summed E-state index contributed by atoms with van der Waals surface area (Å²) in [4.78, 5) is 14.5. The Kier molecular flexibility index (Phi) is 5.32. The third-order valence-corrected chi connectivity index (χ3v) is 5.95. The Labute approximate surface area is 154 Å². The van der Waals surface area contributed by atoms with Gasteiger partial charge in [0.1, 0.15) is 10.6 Å². The van der Waals surface area contributed by atoms with Gasteiger partial charge in [0, 0.05) is 18.7 Å². The van der Waals surface area contributed by atoms with Gasteiger partial charge in [-0.25, -0.2) is 0 Å². The first kappa shape index (κ1) is 18.5. The number of hydrogen-bond acceptors (Lipinski definition) is 4. The van der Waals surface area contributed by atoms with Gasteiger partial charge in [0.05, 0.1) is 0 Å². The van der Waals surface area contributed by atoms with Crippen molar-refractivity contribution in [2.45, 2.75) is 38.0 Å². The molecule has 6 heteroatoms. The van der Waals surface area contributed by atoms with Crippen molar-refractivity contribution in [3.63, 3.8) is 0 Å². The molecule has 26 heavy (non-hydrogen) atoms. The first-order valence-corrected chi connectivity index (χ1v) is 10.2. The summed E-state index contributed by atoms with van der Waals surface area (Å²) in [5.41, 5.74) is 2.02. The Bertz CT molecular complexity index is 898. The summed E-state index contributed by atoms with van der Waals surface area (Å²) in [6, 6.07) is 11.5. The van der Waals surface area contributed by atoms with Crippen molar-refractivity contribution in [1.82, 2.24) is 4.90 Å². The van der Waals surface area contributed by atoms with Crippen molar-refractivity contribution in [3.05, 3.63) is 59.2 Å². The highest BCUT2D eigenvalue weighted by Gasteiger charge is 2.21. The van der Waals surface area contributed by atoms with Crippen LogP contribution < -0.4 is 4.18 Å². The lowest BCUT2D eigenvalue weighted by Gasteiger charge is -2.26. The molecule has 0 bridgehead atoms. The van der Waals surface area contributed by atoms with E-state index < -0.39 is 10.1 Å². The van der Waals surface area contributed by atoms with Crippen molar-refractivity contribution in [2.75, 3.05) is 13.1 Å². The monoisotopic (exact) mass is 373 g/mol. The van der Waals surface area contributed by atoms with Gasteiger partial charge in [0.2, 0.25) is 0 Å². The maximum atomic E-state index is 12.5. The van der Waals surface area contributed by atoms with E-state index in [0.29, 0.717) is 11.1 Å². The van der Waals surface area contributed by atoms with Crippen molar-refractivity contribution in [1.29, 1.82) is 0 Å². The highest BCUT2D eigenvalue weighted by atomic mass is 32.2. The quantitative estimate of drug-likeness (QED) is 0.767. The van der Waals surface area contributed by atoms with Gasteiger partial charge < -0.3 is 9.08 Å². The van der Waals surface area contributed by atoms with Gasteiger partial charge in [0.15, 0.2) is 0 Å². The number of rotatable bonds is 4. The van der Waals surface area contributed by atoms with Gasteiger partial charge in [-0.3, -0.25) is 4.79 Å². The van der Waals surface area contributed by atoms with Crippen LogP contribution in [-0.4, -0.2) is 32.3 Å². The summed E-state index contributed by atoms with van der Waals surface area (Å²) in [7, 11) is -3.92. The second-order valence-corrected chi connectivity index (χ2v) is 8.20. The molecule has 0 atom stereocenters. The van der Waals surface area contributed by atoms with Gasteiger partial charge in [-0.2, -0.15) is 8.42 Å². The first-order chi connectivity index (χ1) is 12.4. The summed E-state index contributed by atoms with van der Waals surface area (Å²) in [5, 5.41) is 0. The number of hydrogen-bond donors (Lipinski definition) is 0. The molecule has 0 aromatic heterocycles. The molecule has 138 valence electrons. The summed E-state index contributed by atoms with van der Waals surface area (Å²) < 4.78 is 30.3. The molecule has 0 saturated carbocycles. The van der Waals surface area contributed by atoms with E-state index in [4.69, 9.17) is 4.18 Å². The van der Waals surface area contributed by atoms with Crippen molar-refractivity contribution in [2.24, 2.45) is 0 Å². The Balaban J connectivity index is 1.76. The Morgan fingerprint density at radius 3 is 2.27 bits per heavy atom. The van der Waals surface area contributed by atoms with Gasteiger partial charge in [-0.15, -0.1) is 0 Å². The van der Waals surface area contributed by atoms with Crippen LogP contribution in [0.5, 0.6) is 5.75 Å². The fourth-order valence-electron chi connectivity index (χ4n) is 3.08. The minimum absolute atomic E-state index is 0.0198. The second kappa shape index (κ2) is 7.50. The fourth-order valence-corrected chi connectivity index (χ4v) is 4.33. The Morgan fingerprint density at radius 1 is 0.962 bits per heavy atom. The highest BCUT2D eigenvalue weighted by Crippen LogP contribution is 2.23. The van der Waals surface area contributed by atoms with Gasteiger partial charge in [-0.1, -0.05) is 12.1 Å². The highest BCUT2D eigenvalue weighted by molar-refractivity contribution is 7.87. The zero-order valence-electron chi connectivity index (χ0n) is 15.1. The van der Waals surface area contributed by atoms with E-state index >= 15 is 0 Å². The molecule has 1 fully saturated rings. The van der Waals surface area contributed by atoms with Crippen LogP contribution in [0.4, 0.5) is 0 Å². The number of piperidine rings is 1. The van der Waals surface area contributed by atoms with Crippen molar-refractivity contribution in [3.8, 4) is 5.75 Å². The van der Waals surface area contributed by atoms with E-state index in [0.717, 1.165) is 37.9 Å². The van der Waals surface area contributed by atoms with Crippen LogP contribution in [0.2, 0.25) is 0 Å². The average molecular weight is 373 g/mol. The summed E-state index contributed by atoms with van der Waals surface area (Å²) in [5.74, 6) is 0.176. The first-order valence-electron chi connectivity index (χ1n) is 8.78. The van der Waals surface area contributed by atoms with E-state index in [-0.39, 0.29) is 16.6 Å². The summed E-state index contributed by atoms with van der Waals surface area (Å²) in [6.07, 6.45) is 3.22. The molecule has 2 aromatic carbocycles. The molecular formula is C20H23NO4S. The molecule has 0 spiro atoms. The minimum atomic E-state index is -3.92. The molecule has 2 aromatic rings. The summed E-state index contributed by atoms with van der Waals surface area (Å²) >= 11 is 0. The Hall–Kier alpha value is -2.34. The van der Waals surface area contributed by atoms with Crippen LogP contribution >= 0.6 is 0 Å². The van der Waals surface area contributed by atoms with Gasteiger partial charge in [0.25, 0.3) is 5.91 Å². The molecule has 0 unspecified atom stereocenters. The topological polar surface area (TPSA) is 63.7 Å². The smallest absolute Gasteiger partial charge is 0.339 e. The van der Waals surface area contributed by atoms with Gasteiger partial charge in [-0.05, 0) is 74.6 Å². The molecule has 0 N–H and O–H groups in total. The predicted molar refractivity (Wildman–Crippen MR) is 99.9 cm³/mol. The standard InChI is InChI=1S/C20H23NO4S/c1-15-6-7-16(2)19(14-15)26(23,24)25-18-10-8-17(9-11-18)20(22)21-12-4-3-5-13-21/h6-11,14H,3-5,12-13H2,1-2H3. The molecular weight excluding hydrogens is 350 g/mol. The SMILES string of the molecule is Cc1ccc(C)c(S(=O)(=O)Oc2ccc(C(=O)N3CCCCC3)cc2)c1. The zero-order valence-corrected chi connectivity index (χ0v) is 15.9. The maximum absolute atomic E-state index is 12.5. The molecule has 1 aliphatic heterocycles. The normalized spacial score (nSPS) is 14.9. The van der Waals surface area contributed by atoms with E-state index in [1.807, 2.05) is 17.9 Å². The molecule has 1 aliphatic rings. The molecule has 0 aliphatic carbocycles. The molecule has 1 heterocycles. The lowest BCUT2D eigenvalue weighted by Crippen LogP contribution is -2.35. The van der Waals surface area contributed by atoms with Crippen LogP contribution in [0, 0.1) is 13.8 Å². The molecule has 1 saturated heterocycles. The molecule has 5 nitrogen and oxygen atoms in total. The number of carbonyl (C=O) groups excluding carboxylic acids is 1. The number of amides is 1. The van der Waals surface area contributed by atoms with E-state index in [9.17, 15) is 13.2 Å². The molecule has 0 radical (unpaired) electrons. The number of benzene rings is 2. The van der Waals surface area contributed by atoms with Crippen LogP contribution in [0.1, 0.15) is 40.7 Å². The maximum Gasteiger partial charge on any atom is 0.339 e. The van der Waals surface area contributed by atoms with Crippen molar-refractivity contribution >= 4 is 16.0 Å². The minimum Gasteiger partial charge on any atom is -0.379 e. The van der Waals surface area contributed by atoms with Crippen LogP contribution in [0.15, 0.2) is 47.4 Å². The van der Waals surface area contributed by atoms with Crippen LogP contribution in [0.3, 0.4) is 0 Å². The summed E-state index contributed by atoms with van der Waals surface area (Å²) in [6.45, 7) is 5.12. The number of carbonyl (C=O) groups is 1. The number of aryl methyl sites for hydroxylation is 2. The number of nitrogens with zero attached hydrogens (tertiary/aromatic N) is 1. The predicted octanol–water partition coefficient (Wildman–Crippen LogP) is 3.70. The lowest BCUT2D eigenvalue weighted by molar-refractivity contribution is 0.0724. The number of likely N-dealkylation sites (tertiary alicyclic amines) is 1. The van der Waals surface area contributed by atoms with E-state index in [1.165, 1.54) is 12.1 Å². The van der Waals surface area contributed by atoms with Crippen LogP contribution in [-0.2, 0) is 10.1 Å². The largest absolute Gasteiger partial charge is 0.379 e. The van der Waals surface area contributed by atoms with Gasteiger partial charge >= 0.3 is 10.1 Å². The lowest BCUT2D eigenvalue weighted by atomic mass is 10.1. The molecule has 1 amide bonds. The third-order valence-electron chi connectivity index (χ3n) is 4.56. The third kappa shape index (κ3) is 4.07. The van der Waals surface area contributed by atoms with E-state index in [1.54, 1.807) is 31.2 Å². The van der Waals surface area contributed by atoms with Crippen LogP contribution in [0.25, 0.3) is 0 Å². The average Bonchev–Trinajstić information content (AvgIpc) is 2.64. The Morgan fingerprint density at radius 2 is 1.62 bits per heavy atom. The van der Waals surface area contributed by atoms with Crippen molar-refractivity contribution < 1.29 is 17.4 Å². The van der Waals surface area contributed by atoms with E-state index in [2.05, 4.69) is 0 Å². The molecule has 3 rings (SSSR count). The second-order valence-electron chi connectivity index (χ2n) is 6.68.